The van der Waals surface area contributed by atoms with Gasteiger partial charge in [0.25, 0.3) is 0 Å². The smallest absolute Gasteiger partial charge is 0.221 e. The number of carbonyl (C=O) groups excluding carboxylic acids is 1. The predicted molar refractivity (Wildman–Crippen MR) is 95.1 cm³/mol. The monoisotopic (exact) mass is 353 g/mol. The van der Waals surface area contributed by atoms with E-state index in [-0.39, 0.29) is 18.1 Å². The van der Waals surface area contributed by atoms with Crippen LogP contribution in [0.1, 0.15) is 24.0 Å². The van der Waals surface area contributed by atoms with Gasteiger partial charge in [-0.2, -0.15) is 4.31 Å². The molecule has 134 valence electrons. The first-order valence-corrected chi connectivity index (χ1v) is 9.95. The minimum atomic E-state index is -3.40. The minimum Gasteiger partial charge on any atom is -0.356 e. The molecule has 0 bridgehead atoms. The van der Waals surface area contributed by atoms with Gasteiger partial charge >= 0.3 is 0 Å². The fourth-order valence-corrected chi connectivity index (χ4v) is 4.18. The average molecular weight is 353 g/mol. The van der Waals surface area contributed by atoms with Gasteiger partial charge in [-0.3, -0.25) is 4.79 Å². The van der Waals surface area contributed by atoms with E-state index in [4.69, 9.17) is 0 Å². The van der Waals surface area contributed by atoms with Gasteiger partial charge in [0.15, 0.2) is 0 Å². The van der Waals surface area contributed by atoms with Gasteiger partial charge < -0.3 is 10.2 Å². The zero-order chi connectivity index (χ0) is 17.6. The standard InChI is InChI=1S/C17H27N3O3S/c1-19(2)11-5-10-18-17(21)9-13-24(22,23)20-12-8-15-6-3-4-7-16(15)14-20/h3-4,6-7H,5,8-14H2,1-2H3,(H,18,21). The number of hydrogen-bond donors (Lipinski definition) is 1. The number of sulfonamides is 1. The molecule has 0 spiro atoms. The van der Waals surface area contributed by atoms with Gasteiger partial charge in [0.1, 0.15) is 0 Å². The van der Waals surface area contributed by atoms with Gasteiger partial charge in [0.05, 0.1) is 5.75 Å². The Morgan fingerprint density at radius 3 is 2.67 bits per heavy atom. The Bertz CT molecular complexity index is 659. The second kappa shape index (κ2) is 8.60. The molecule has 24 heavy (non-hydrogen) atoms. The summed E-state index contributed by atoms with van der Waals surface area (Å²) in [6, 6.07) is 7.91. The van der Waals surface area contributed by atoms with Crippen LogP contribution in [0.25, 0.3) is 0 Å². The van der Waals surface area contributed by atoms with E-state index in [0.29, 0.717) is 19.6 Å². The van der Waals surface area contributed by atoms with Crippen LogP contribution in [0.3, 0.4) is 0 Å². The number of benzene rings is 1. The van der Waals surface area contributed by atoms with Crippen molar-refractivity contribution in [1.82, 2.24) is 14.5 Å². The molecule has 1 heterocycles. The number of hydrogen-bond acceptors (Lipinski definition) is 4. The maximum atomic E-state index is 12.5. The Balaban J connectivity index is 1.79. The molecule has 0 fully saturated rings. The fourth-order valence-electron chi connectivity index (χ4n) is 2.77. The van der Waals surface area contributed by atoms with Crippen molar-refractivity contribution < 1.29 is 13.2 Å². The number of amides is 1. The Kier molecular flexibility index (Phi) is 6.77. The van der Waals surface area contributed by atoms with E-state index < -0.39 is 10.0 Å². The quantitative estimate of drug-likeness (QED) is 0.703. The highest BCUT2D eigenvalue weighted by Gasteiger charge is 2.26. The first kappa shape index (κ1) is 18.9. The van der Waals surface area contributed by atoms with Gasteiger partial charge in [-0.1, -0.05) is 24.3 Å². The summed E-state index contributed by atoms with van der Waals surface area (Å²) in [5.41, 5.74) is 2.27. The molecule has 0 atom stereocenters. The normalized spacial score (nSPS) is 15.3. The van der Waals surface area contributed by atoms with Crippen LogP contribution in [0.2, 0.25) is 0 Å². The van der Waals surface area contributed by atoms with Crippen LogP contribution in [0, 0.1) is 0 Å². The largest absolute Gasteiger partial charge is 0.356 e. The van der Waals surface area contributed by atoms with E-state index in [2.05, 4.69) is 5.32 Å². The summed E-state index contributed by atoms with van der Waals surface area (Å²) in [5.74, 6) is -0.330. The zero-order valence-corrected chi connectivity index (χ0v) is 15.3. The van der Waals surface area contributed by atoms with Crippen LogP contribution in [-0.4, -0.2) is 63.0 Å². The minimum absolute atomic E-state index is 0.0163. The molecule has 2 rings (SSSR count). The van der Waals surface area contributed by atoms with E-state index in [0.717, 1.165) is 24.9 Å². The van der Waals surface area contributed by atoms with Crippen molar-refractivity contribution in [2.45, 2.75) is 25.8 Å². The van der Waals surface area contributed by atoms with Crippen molar-refractivity contribution in [1.29, 1.82) is 0 Å². The molecule has 0 aliphatic carbocycles. The topological polar surface area (TPSA) is 69.7 Å². The number of nitrogens with one attached hydrogen (secondary N) is 1. The summed E-state index contributed by atoms with van der Waals surface area (Å²) >= 11 is 0. The van der Waals surface area contributed by atoms with Crippen molar-refractivity contribution in [2.75, 3.05) is 39.5 Å². The molecule has 1 amide bonds. The van der Waals surface area contributed by atoms with Crippen LogP contribution >= 0.6 is 0 Å². The van der Waals surface area contributed by atoms with Crippen LogP contribution in [0.5, 0.6) is 0 Å². The van der Waals surface area contributed by atoms with Gasteiger partial charge in [0, 0.05) is 26.1 Å². The molecule has 0 saturated carbocycles. The number of fused-ring (bicyclic) bond motifs is 1. The second-order valence-corrected chi connectivity index (χ2v) is 8.51. The highest BCUT2D eigenvalue weighted by atomic mass is 32.2. The van der Waals surface area contributed by atoms with Gasteiger partial charge in [-0.25, -0.2) is 8.42 Å². The lowest BCUT2D eigenvalue weighted by Gasteiger charge is -2.28. The third-order valence-corrected chi connectivity index (χ3v) is 6.00. The van der Waals surface area contributed by atoms with Crippen molar-refractivity contribution in [3.63, 3.8) is 0 Å². The summed E-state index contributed by atoms with van der Waals surface area (Å²) in [5, 5.41) is 2.78. The van der Waals surface area contributed by atoms with E-state index in [9.17, 15) is 13.2 Å². The molecule has 1 aliphatic heterocycles. The lowest BCUT2D eigenvalue weighted by molar-refractivity contribution is -0.120. The van der Waals surface area contributed by atoms with Crippen molar-refractivity contribution in [3.05, 3.63) is 35.4 Å². The van der Waals surface area contributed by atoms with Crippen molar-refractivity contribution >= 4 is 15.9 Å². The third-order valence-electron chi connectivity index (χ3n) is 4.18. The number of rotatable bonds is 8. The first-order chi connectivity index (χ1) is 11.4. The third kappa shape index (κ3) is 5.58. The van der Waals surface area contributed by atoms with Gasteiger partial charge in [-0.05, 0) is 44.6 Å². The summed E-state index contributed by atoms with van der Waals surface area (Å²) in [6.07, 6.45) is 1.60. The molecule has 0 aromatic heterocycles. The summed E-state index contributed by atoms with van der Waals surface area (Å²) in [7, 11) is 0.554. The molecule has 0 unspecified atom stereocenters. The average Bonchev–Trinajstić information content (AvgIpc) is 2.56. The summed E-state index contributed by atoms with van der Waals surface area (Å²) < 4.78 is 26.4. The van der Waals surface area contributed by atoms with Crippen molar-refractivity contribution in [2.24, 2.45) is 0 Å². The van der Waals surface area contributed by atoms with Gasteiger partial charge in [-0.15, -0.1) is 0 Å². The van der Waals surface area contributed by atoms with E-state index in [1.807, 2.05) is 43.3 Å². The molecule has 7 heteroatoms. The molecular formula is C17H27N3O3S. The Labute approximate surface area is 144 Å². The molecule has 1 N–H and O–H groups in total. The highest BCUT2D eigenvalue weighted by Crippen LogP contribution is 2.21. The molecular weight excluding hydrogens is 326 g/mol. The first-order valence-electron chi connectivity index (χ1n) is 8.34. The van der Waals surface area contributed by atoms with E-state index in [1.165, 1.54) is 9.87 Å². The Morgan fingerprint density at radius 1 is 1.25 bits per heavy atom. The second-order valence-electron chi connectivity index (χ2n) is 6.43. The van der Waals surface area contributed by atoms with Crippen LogP contribution in [0.4, 0.5) is 0 Å². The van der Waals surface area contributed by atoms with Crippen molar-refractivity contribution in [3.8, 4) is 0 Å². The SMILES string of the molecule is CN(C)CCCNC(=O)CCS(=O)(=O)N1CCc2ccccc2C1. The molecule has 1 aromatic rings. The fraction of sp³-hybridized carbons (Fsp3) is 0.588. The highest BCUT2D eigenvalue weighted by molar-refractivity contribution is 7.89. The molecule has 1 aliphatic rings. The predicted octanol–water partition coefficient (Wildman–Crippen LogP) is 0.833. The lowest BCUT2D eigenvalue weighted by Crippen LogP contribution is -2.38. The van der Waals surface area contributed by atoms with Crippen LogP contribution in [0.15, 0.2) is 24.3 Å². The van der Waals surface area contributed by atoms with E-state index in [1.54, 1.807) is 0 Å². The maximum Gasteiger partial charge on any atom is 0.221 e. The molecule has 6 nitrogen and oxygen atoms in total. The van der Waals surface area contributed by atoms with Crippen LogP contribution in [-0.2, 0) is 27.8 Å². The zero-order valence-electron chi connectivity index (χ0n) is 14.5. The van der Waals surface area contributed by atoms with Crippen LogP contribution < -0.4 is 5.32 Å². The molecule has 0 saturated heterocycles. The Hall–Kier alpha value is -1.44. The Morgan fingerprint density at radius 2 is 1.96 bits per heavy atom. The number of carbonyl (C=O) groups is 1. The van der Waals surface area contributed by atoms with Gasteiger partial charge in [0.2, 0.25) is 15.9 Å². The molecule has 1 aromatic carbocycles. The summed E-state index contributed by atoms with van der Waals surface area (Å²) in [6.45, 7) is 2.37. The van der Waals surface area contributed by atoms with E-state index >= 15 is 0 Å². The maximum absolute atomic E-state index is 12.5. The lowest BCUT2D eigenvalue weighted by atomic mass is 10.0. The summed E-state index contributed by atoms with van der Waals surface area (Å²) in [4.78, 5) is 13.9. The molecule has 0 radical (unpaired) electrons. The number of nitrogens with zero attached hydrogens (tertiary/aromatic N) is 2.